The van der Waals surface area contributed by atoms with Crippen LogP contribution in [0.5, 0.6) is 5.75 Å². The van der Waals surface area contributed by atoms with E-state index in [2.05, 4.69) is 46.6 Å². The summed E-state index contributed by atoms with van der Waals surface area (Å²) in [6.07, 6.45) is 4.97. The number of fused-ring (bicyclic) bond motifs is 1. The Hall–Kier alpha value is -2.56. The molecule has 3 aromatic rings. The van der Waals surface area contributed by atoms with Crippen molar-refractivity contribution in [2.75, 3.05) is 25.1 Å². The van der Waals surface area contributed by atoms with E-state index in [1.54, 1.807) is 7.11 Å². The van der Waals surface area contributed by atoms with Crippen molar-refractivity contribution >= 4 is 16.7 Å². The molecule has 1 aliphatic rings. The summed E-state index contributed by atoms with van der Waals surface area (Å²) < 4.78 is 7.62. The van der Waals surface area contributed by atoms with Crippen molar-refractivity contribution in [3.05, 3.63) is 48.0 Å². The number of imidazole rings is 1. The van der Waals surface area contributed by atoms with Gasteiger partial charge in [-0.05, 0) is 30.7 Å². The zero-order chi connectivity index (χ0) is 17.4. The molecule has 0 spiro atoms. The van der Waals surface area contributed by atoms with Gasteiger partial charge in [-0.15, -0.1) is 0 Å². The minimum Gasteiger partial charge on any atom is -0.497 e. The number of hydrogen-bond donors (Lipinski definition) is 0. The van der Waals surface area contributed by atoms with Gasteiger partial charge in [0, 0.05) is 55.8 Å². The molecule has 0 unspecified atom stereocenters. The molecule has 1 aromatic carbocycles. The average molecular weight is 336 g/mol. The summed E-state index contributed by atoms with van der Waals surface area (Å²) >= 11 is 0. The molecule has 0 aliphatic carbocycles. The van der Waals surface area contributed by atoms with Crippen LogP contribution in [0.15, 0.2) is 36.7 Å². The molecule has 0 bridgehead atoms. The summed E-state index contributed by atoms with van der Waals surface area (Å²) in [5, 5.41) is 1.19. The van der Waals surface area contributed by atoms with Crippen LogP contribution in [0.2, 0.25) is 0 Å². The van der Waals surface area contributed by atoms with Crippen LogP contribution in [-0.2, 0) is 13.0 Å². The fourth-order valence-corrected chi connectivity index (χ4v) is 3.62. The third kappa shape index (κ3) is 2.95. The van der Waals surface area contributed by atoms with E-state index in [1.807, 2.05) is 18.3 Å². The van der Waals surface area contributed by atoms with Crippen molar-refractivity contribution in [1.82, 2.24) is 14.5 Å². The monoisotopic (exact) mass is 336 g/mol. The number of anilines is 1. The molecule has 1 fully saturated rings. The van der Waals surface area contributed by atoms with Gasteiger partial charge >= 0.3 is 0 Å². The molecule has 2 aromatic heterocycles. The van der Waals surface area contributed by atoms with Crippen molar-refractivity contribution in [2.45, 2.75) is 26.8 Å². The third-order valence-corrected chi connectivity index (χ3v) is 5.06. The summed E-state index contributed by atoms with van der Waals surface area (Å²) in [5.41, 5.74) is 2.26. The molecule has 3 heterocycles. The van der Waals surface area contributed by atoms with E-state index in [0.717, 1.165) is 43.1 Å². The van der Waals surface area contributed by atoms with Crippen molar-refractivity contribution in [3.63, 3.8) is 0 Å². The number of nitrogens with zero attached hydrogens (tertiary/aromatic N) is 4. The lowest BCUT2D eigenvalue weighted by atomic mass is 9.99. The molecule has 25 heavy (non-hydrogen) atoms. The summed E-state index contributed by atoms with van der Waals surface area (Å²) in [6.45, 7) is 7.44. The minimum absolute atomic E-state index is 0.655. The van der Waals surface area contributed by atoms with Gasteiger partial charge in [-0.3, -0.25) is 0 Å². The Labute approximate surface area is 148 Å². The van der Waals surface area contributed by atoms with Crippen LogP contribution in [0.25, 0.3) is 10.9 Å². The minimum atomic E-state index is 0.655. The second-order valence-corrected chi connectivity index (χ2v) is 6.80. The van der Waals surface area contributed by atoms with E-state index in [4.69, 9.17) is 9.72 Å². The predicted molar refractivity (Wildman–Crippen MR) is 100 cm³/mol. The summed E-state index contributed by atoms with van der Waals surface area (Å²) in [6, 6.07) is 8.29. The van der Waals surface area contributed by atoms with Gasteiger partial charge in [-0.25, -0.2) is 9.97 Å². The first kappa shape index (κ1) is 15.9. The van der Waals surface area contributed by atoms with Crippen molar-refractivity contribution in [2.24, 2.45) is 5.92 Å². The van der Waals surface area contributed by atoms with Gasteiger partial charge in [0.2, 0.25) is 0 Å². The Balaban J connectivity index is 1.50. The number of methoxy groups -OCH3 is 1. The number of ether oxygens (including phenoxy) is 1. The zero-order valence-electron chi connectivity index (χ0n) is 15.1. The van der Waals surface area contributed by atoms with E-state index in [0.29, 0.717) is 5.92 Å². The van der Waals surface area contributed by atoms with E-state index in [-0.39, 0.29) is 0 Å². The van der Waals surface area contributed by atoms with E-state index in [9.17, 15) is 0 Å². The van der Waals surface area contributed by atoms with Gasteiger partial charge in [-0.1, -0.05) is 6.92 Å². The van der Waals surface area contributed by atoms with E-state index in [1.165, 1.54) is 16.8 Å². The van der Waals surface area contributed by atoms with E-state index >= 15 is 0 Å². The molecule has 1 saturated heterocycles. The van der Waals surface area contributed by atoms with Crippen LogP contribution in [0.4, 0.5) is 5.82 Å². The first-order valence-electron chi connectivity index (χ1n) is 8.88. The second-order valence-electron chi connectivity index (χ2n) is 6.80. The molecule has 0 radical (unpaired) electrons. The Bertz CT molecular complexity index is 896. The highest BCUT2D eigenvalue weighted by Gasteiger charge is 2.28. The van der Waals surface area contributed by atoms with Crippen LogP contribution in [0.1, 0.15) is 18.3 Å². The lowest BCUT2D eigenvalue weighted by Crippen LogP contribution is -2.49. The number of pyridine rings is 1. The molecular formula is C20H24N4O. The first-order chi connectivity index (χ1) is 12.2. The third-order valence-electron chi connectivity index (χ3n) is 5.06. The Kier molecular flexibility index (Phi) is 4.07. The van der Waals surface area contributed by atoms with Crippen molar-refractivity contribution in [1.29, 1.82) is 0 Å². The van der Waals surface area contributed by atoms with Crippen LogP contribution in [-0.4, -0.2) is 34.7 Å². The molecular weight excluding hydrogens is 312 g/mol. The van der Waals surface area contributed by atoms with Crippen LogP contribution in [0.3, 0.4) is 0 Å². The molecule has 4 rings (SSSR count). The van der Waals surface area contributed by atoms with Crippen molar-refractivity contribution < 1.29 is 4.74 Å². The lowest BCUT2D eigenvalue weighted by Gasteiger charge is -2.40. The summed E-state index contributed by atoms with van der Waals surface area (Å²) in [4.78, 5) is 11.6. The van der Waals surface area contributed by atoms with Gasteiger partial charge in [0.1, 0.15) is 17.4 Å². The molecule has 5 nitrogen and oxygen atoms in total. The Morgan fingerprint density at radius 2 is 2.08 bits per heavy atom. The smallest absolute Gasteiger partial charge is 0.129 e. The summed E-state index contributed by atoms with van der Waals surface area (Å²) in [5.74, 6) is 3.74. The quantitative estimate of drug-likeness (QED) is 0.716. The largest absolute Gasteiger partial charge is 0.497 e. The van der Waals surface area contributed by atoms with Gasteiger partial charge in [-0.2, -0.15) is 0 Å². The Morgan fingerprint density at radius 1 is 1.24 bits per heavy atom. The van der Waals surface area contributed by atoms with Crippen LogP contribution in [0, 0.1) is 12.8 Å². The van der Waals surface area contributed by atoms with Crippen LogP contribution >= 0.6 is 0 Å². The number of benzene rings is 1. The summed E-state index contributed by atoms with van der Waals surface area (Å²) in [7, 11) is 1.69. The Morgan fingerprint density at radius 3 is 2.84 bits per heavy atom. The maximum Gasteiger partial charge on any atom is 0.129 e. The molecule has 0 N–H and O–H groups in total. The van der Waals surface area contributed by atoms with Gasteiger partial charge in [0.05, 0.1) is 12.6 Å². The zero-order valence-corrected chi connectivity index (χ0v) is 15.1. The van der Waals surface area contributed by atoms with Gasteiger partial charge in [0.15, 0.2) is 0 Å². The maximum absolute atomic E-state index is 5.34. The van der Waals surface area contributed by atoms with Gasteiger partial charge < -0.3 is 14.2 Å². The number of hydrogen-bond acceptors (Lipinski definition) is 4. The highest BCUT2D eigenvalue weighted by Crippen LogP contribution is 2.30. The maximum atomic E-state index is 5.34. The second kappa shape index (κ2) is 6.39. The fourth-order valence-electron chi connectivity index (χ4n) is 3.62. The fraction of sp³-hybridized carbons (Fsp3) is 0.400. The van der Waals surface area contributed by atoms with Crippen LogP contribution < -0.4 is 9.64 Å². The molecule has 1 aliphatic heterocycles. The van der Waals surface area contributed by atoms with Crippen molar-refractivity contribution in [3.8, 4) is 5.75 Å². The SMILES string of the molecule is CCc1nccn1CC1CN(c2cc(C)c3ccc(OC)cc3n2)C1. The lowest BCUT2D eigenvalue weighted by molar-refractivity contribution is 0.351. The average Bonchev–Trinajstić information content (AvgIpc) is 3.04. The first-order valence-corrected chi connectivity index (χ1v) is 8.88. The number of aromatic nitrogens is 3. The predicted octanol–water partition coefficient (Wildman–Crippen LogP) is 3.45. The standard InChI is InChI=1S/C20H24N4O/c1-4-19-21-7-8-23(19)11-15-12-24(13-15)20-9-14(2)17-6-5-16(25-3)10-18(17)22-20/h5-10,15H,4,11-13H2,1-3H3. The number of rotatable bonds is 5. The molecule has 0 atom stereocenters. The topological polar surface area (TPSA) is 43.2 Å². The molecule has 0 amide bonds. The van der Waals surface area contributed by atoms with E-state index < -0.39 is 0 Å². The normalized spacial score (nSPS) is 14.8. The molecule has 130 valence electrons. The number of aryl methyl sites for hydroxylation is 2. The van der Waals surface area contributed by atoms with Gasteiger partial charge in [0.25, 0.3) is 0 Å². The highest BCUT2D eigenvalue weighted by molar-refractivity contribution is 5.85. The highest BCUT2D eigenvalue weighted by atomic mass is 16.5. The molecule has 5 heteroatoms. The molecule has 0 saturated carbocycles.